The monoisotopic (exact) mass is 455 g/mol. The molecule has 6 aliphatic rings. The van der Waals surface area contributed by atoms with Crippen molar-refractivity contribution in [1.29, 1.82) is 0 Å². The van der Waals surface area contributed by atoms with E-state index in [1.165, 1.54) is 38.8 Å². The first-order valence-electron chi connectivity index (χ1n) is 8.65. The Kier molecular flexibility index (Phi) is 9.75. The summed E-state index contributed by atoms with van der Waals surface area (Å²) in [6.45, 7) is 11.7. The van der Waals surface area contributed by atoms with Gasteiger partial charge in [-0.15, -0.1) is 24.2 Å². The van der Waals surface area contributed by atoms with Crippen LogP contribution in [0.15, 0.2) is 0 Å². The van der Waals surface area contributed by atoms with E-state index < -0.39 is 0 Å². The largest absolute Gasteiger partial charge is 0.657 e. The fourth-order valence-electron chi connectivity index (χ4n) is 4.13. The summed E-state index contributed by atoms with van der Waals surface area (Å²) in [5, 5.41) is 9.08. The van der Waals surface area contributed by atoms with E-state index in [2.05, 4.69) is 43.2 Å². The summed E-state index contributed by atoms with van der Waals surface area (Å²) in [5.74, 6) is 1.88. The van der Waals surface area contributed by atoms with Gasteiger partial charge in [0, 0.05) is 71.5 Å². The number of nitrogens with zero attached hydrogens (tertiary/aromatic N) is 3. The first-order valence-corrected chi connectivity index (χ1v) is 8.65. The van der Waals surface area contributed by atoms with Crippen LogP contribution in [-0.4, -0.2) is 48.2 Å². The van der Waals surface area contributed by atoms with E-state index in [9.17, 15) is 0 Å². The van der Waals surface area contributed by atoms with E-state index in [0.29, 0.717) is 12.1 Å². The number of piperidine rings is 2. The molecule has 4 atom stereocenters. The van der Waals surface area contributed by atoms with Gasteiger partial charge in [-0.1, -0.05) is 39.5 Å². The fraction of sp³-hybridized carbons (Fsp3) is 1.00. The maximum Gasteiger partial charge on any atom is 0.00373 e. The van der Waals surface area contributed by atoms with Crippen LogP contribution in [0.1, 0.15) is 53.4 Å². The Morgan fingerprint density at radius 1 is 0.727 bits per heavy atom. The molecular weight excluding hydrogens is 424 g/mol. The summed E-state index contributed by atoms with van der Waals surface area (Å²) in [6, 6.07) is 3.65. The van der Waals surface area contributed by atoms with Crippen molar-refractivity contribution in [2.75, 3.05) is 13.1 Å². The minimum atomic E-state index is 0. The number of hydrogen-bond acceptors (Lipinski definition) is 1. The minimum Gasteiger partial charge on any atom is -0.657 e. The van der Waals surface area contributed by atoms with E-state index in [0.717, 1.165) is 30.0 Å². The summed E-state index contributed by atoms with van der Waals surface area (Å²) < 4.78 is 0. The van der Waals surface area contributed by atoms with Crippen LogP contribution >= 0.6 is 0 Å². The van der Waals surface area contributed by atoms with Gasteiger partial charge in [0.2, 0.25) is 0 Å². The summed E-state index contributed by atoms with van der Waals surface area (Å²) in [4.78, 5) is 2.53. The molecule has 0 aromatic rings. The van der Waals surface area contributed by atoms with Crippen molar-refractivity contribution in [2.45, 2.75) is 83.6 Å². The molecule has 22 heavy (non-hydrogen) atoms. The van der Waals surface area contributed by atoms with Crippen molar-refractivity contribution in [1.82, 2.24) is 4.90 Å². The van der Waals surface area contributed by atoms with Crippen molar-refractivity contribution in [2.24, 2.45) is 11.8 Å². The van der Waals surface area contributed by atoms with E-state index in [1.807, 2.05) is 0 Å². The van der Waals surface area contributed by atoms with Crippen LogP contribution in [0.25, 0.3) is 10.6 Å². The Labute approximate surface area is 187 Å². The van der Waals surface area contributed by atoms with Gasteiger partial charge in [0.05, 0.1) is 0 Å². The Morgan fingerprint density at radius 2 is 1.14 bits per heavy atom. The molecule has 0 amide bonds. The van der Waals surface area contributed by atoms with Gasteiger partial charge < -0.3 is 15.5 Å². The average molecular weight is 455 g/mol. The minimum absolute atomic E-state index is 0. The molecule has 4 bridgehead atoms. The van der Waals surface area contributed by atoms with E-state index in [-0.39, 0.29) is 65.4 Å². The zero-order valence-corrected chi connectivity index (χ0v) is 20.5. The Morgan fingerprint density at radius 3 is 1.41 bits per heavy atom. The normalized spacial score (nSPS) is 38.7. The molecule has 6 rings (SSSR count). The smallest absolute Gasteiger partial charge is 0.00373 e. The molecule has 3 nitrogen and oxygen atoms in total. The predicted molar refractivity (Wildman–Crippen MR) is 85.4 cm³/mol. The molecule has 1 saturated carbocycles. The number of hydrogen-bond donors (Lipinski definition) is 0. The van der Waals surface area contributed by atoms with Gasteiger partial charge in [0.1, 0.15) is 0 Å². The van der Waals surface area contributed by atoms with Crippen LogP contribution in [0.4, 0.5) is 0 Å². The van der Waals surface area contributed by atoms with Gasteiger partial charge in [0.25, 0.3) is 0 Å². The Hall–Kier alpha value is 2.09. The second-order valence-electron chi connectivity index (χ2n) is 7.91. The van der Waals surface area contributed by atoms with Crippen molar-refractivity contribution in [3.63, 3.8) is 0 Å². The molecule has 122 valence electrons. The van der Waals surface area contributed by atoms with Crippen LogP contribution in [0.2, 0.25) is 0 Å². The number of rotatable bonds is 2. The zero-order valence-electron chi connectivity index (χ0n) is 14.8. The van der Waals surface area contributed by atoms with E-state index in [1.54, 1.807) is 0 Å². The van der Waals surface area contributed by atoms with Crippen LogP contribution in [0, 0.1) is 11.8 Å². The molecule has 5 heterocycles. The van der Waals surface area contributed by atoms with Gasteiger partial charge in [-0.2, -0.15) is 0 Å². The first kappa shape index (κ1) is 22.1. The number of fused-ring (bicyclic) bond motifs is 4. The quantitative estimate of drug-likeness (QED) is 0.624. The van der Waals surface area contributed by atoms with E-state index in [4.69, 9.17) is 0 Å². The Bertz CT molecular complexity index is 274. The summed E-state index contributed by atoms with van der Waals surface area (Å²) in [7, 11) is 0. The predicted octanol–water partition coefficient (Wildman–Crippen LogP) is 3.79. The molecule has 5 aliphatic heterocycles. The number of piperazine rings is 1. The van der Waals surface area contributed by atoms with Gasteiger partial charge in [0.15, 0.2) is 0 Å². The van der Waals surface area contributed by atoms with Crippen molar-refractivity contribution in [3.05, 3.63) is 10.6 Å². The standard InChI is InChI=1S/C9H16N.C8H15N2.2Y/c1-6(2)7-3-8-5-9(4-7)10-8;1-6(2)10-4-7-3-8(5-10)9-7;;/h6-9H,3-5H2,1-2H3;6-8H,3-5H2,1-2H3;;/q2*-1;;. The van der Waals surface area contributed by atoms with Gasteiger partial charge >= 0.3 is 0 Å². The average Bonchev–Trinajstić information content (AvgIpc) is 2.38. The maximum absolute atomic E-state index is 4.56. The topological polar surface area (TPSA) is 31.4 Å². The Balaban J connectivity index is 0.000000202. The third-order valence-electron chi connectivity index (χ3n) is 5.64. The first-order chi connectivity index (χ1) is 9.51. The molecule has 0 N–H and O–H groups in total. The molecule has 0 aromatic carbocycles. The molecule has 6 fully saturated rings. The molecule has 5 heteroatoms. The zero-order chi connectivity index (χ0) is 14.3. The molecule has 0 spiro atoms. The van der Waals surface area contributed by atoms with Gasteiger partial charge in [-0.25, -0.2) is 0 Å². The van der Waals surface area contributed by atoms with Crippen molar-refractivity contribution in [3.8, 4) is 0 Å². The molecule has 0 aromatic heterocycles. The molecule has 1 aliphatic carbocycles. The molecule has 5 saturated heterocycles. The SMILES string of the molecule is CC(C)C1CC2CC(C1)[N-]2.CC(C)N1CC2CC(C1)[N-]2.[Y].[Y]. The van der Waals surface area contributed by atoms with Crippen LogP contribution in [-0.2, 0) is 65.4 Å². The van der Waals surface area contributed by atoms with Gasteiger partial charge in [-0.3, -0.25) is 0 Å². The van der Waals surface area contributed by atoms with Crippen molar-refractivity contribution >= 4 is 0 Å². The third kappa shape index (κ3) is 5.55. The van der Waals surface area contributed by atoms with Crippen LogP contribution < -0.4 is 0 Å². The van der Waals surface area contributed by atoms with Gasteiger partial charge in [-0.05, 0) is 38.8 Å². The summed E-state index contributed by atoms with van der Waals surface area (Å²) in [5.41, 5.74) is 0. The fourth-order valence-corrected chi connectivity index (χ4v) is 4.13. The molecular formula is C17H31N3Y2-2. The maximum atomic E-state index is 4.56. The summed E-state index contributed by atoms with van der Waals surface area (Å²) >= 11 is 0. The molecule has 4 unspecified atom stereocenters. The second-order valence-corrected chi connectivity index (χ2v) is 7.91. The third-order valence-corrected chi connectivity index (χ3v) is 5.64. The second kappa shape index (κ2) is 9.69. The van der Waals surface area contributed by atoms with Crippen LogP contribution in [0.5, 0.6) is 0 Å². The van der Waals surface area contributed by atoms with Crippen LogP contribution in [0.3, 0.4) is 0 Å². The molecule has 2 radical (unpaired) electrons. The van der Waals surface area contributed by atoms with E-state index >= 15 is 0 Å². The summed E-state index contributed by atoms with van der Waals surface area (Å²) in [6.07, 6.45) is 5.54. The van der Waals surface area contributed by atoms with Crippen molar-refractivity contribution < 1.29 is 65.4 Å².